The van der Waals surface area contributed by atoms with E-state index < -0.39 is 0 Å². The van der Waals surface area contributed by atoms with E-state index in [4.69, 9.17) is 0 Å². The van der Waals surface area contributed by atoms with E-state index in [2.05, 4.69) is 18.0 Å². The smallest absolute Gasteiger partial charge is 0.253 e. The largest absolute Gasteiger partial charge is 0.343 e. The van der Waals surface area contributed by atoms with Crippen LogP contribution in [0.1, 0.15) is 60.0 Å². The summed E-state index contributed by atoms with van der Waals surface area (Å²) in [5, 5.41) is 0. The lowest BCUT2D eigenvalue weighted by atomic mass is 9.92. The van der Waals surface area contributed by atoms with Gasteiger partial charge < -0.3 is 14.7 Å². The van der Waals surface area contributed by atoms with Crippen molar-refractivity contribution in [2.24, 2.45) is 5.92 Å². The third-order valence-corrected chi connectivity index (χ3v) is 6.67. The van der Waals surface area contributed by atoms with Gasteiger partial charge in [0.25, 0.3) is 5.91 Å². The summed E-state index contributed by atoms with van der Waals surface area (Å²) in [5.41, 5.74) is 3.05. The Balaban J connectivity index is 1.50. The van der Waals surface area contributed by atoms with Gasteiger partial charge in [-0.25, -0.2) is 0 Å². The Morgan fingerprint density at radius 2 is 1.69 bits per heavy atom. The molecule has 1 aromatic carbocycles. The van der Waals surface area contributed by atoms with Crippen molar-refractivity contribution in [3.63, 3.8) is 0 Å². The zero-order chi connectivity index (χ0) is 21.0. The number of carbonyl (C=O) groups excluding carboxylic acids is 2. The molecule has 2 amide bonds. The van der Waals surface area contributed by atoms with Gasteiger partial charge in [0.2, 0.25) is 5.91 Å². The molecule has 2 fully saturated rings. The maximum atomic E-state index is 13.0. The Kier molecular flexibility index (Phi) is 7.33. The average Bonchev–Trinajstić information content (AvgIpc) is 2.71. The molecule has 160 valence electrons. The molecule has 29 heavy (non-hydrogen) atoms. The molecule has 0 N–H and O–H groups in total. The number of likely N-dealkylation sites (tertiary alicyclic amines) is 2. The van der Waals surface area contributed by atoms with Crippen molar-refractivity contribution in [2.75, 3.05) is 40.3 Å². The first-order valence-electron chi connectivity index (χ1n) is 11.1. The molecule has 2 aliphatic heterocycles. The fraction of sp³-hybridized carbons (Fsp3) is 0.667. The third kappa shape index (κ3) is 5.81. The van der Waals surface area contributed by atoms with Crippen molar-refractivity contribution in [3.8, 4) is 0 Å². The normalized spacial score (nSPS) is 21.2. The minimum atomic E-state index is 0.135. The second-order valence-electron chi connectivity index (χ2n) is 9.21. The Morgan fingerprint density at radius 3 is 2.34 bits per heavy atom. The molecule has 1 atom stereocenters. The van der Waals surface area contributed by atoms with Crippen LogP contribution in [0.3, 0.4) is 0 Å². The molecule has 2 heterocycles. The van der Waals surface area contributed by atoms with Gasteiger partial charge in [0.05, 0.1) is 0 Å². The molecule has 5 heteroatoms. The highest BCUT2D eigenvalue weighted by molar-refractivity contribution is 5.94. The molecule has 5 nitrogen and oxygen atoms in total. The number of benzene rings is 1. The number of rotatable bonds is 5. The monoisotopic (exact) mass is 399 g/mol. The molecular weight excluding hydrogens is 362 g/mol. The van der Waals surface area contributed by atoms with Crippen molar-refractivity contribution in [2.45, 2.75) is 58.4 Å². The fourth-order valence-corrected chi connectivity index (χ4v) is 4.86. The molecule has 0 aliphatic carbocycles. The number of piperidine rings is 2. The molecule has 0 spiro atoms. The molecule has 0 saturated carbocycles. The van der Waals surface area contributed by atoms with Gasteiger partial charge in [-0.05, 0) is 84.1 Å². The maximum Gasteiger partial charge on any atom is 0.253 e. The standard InChI is InChI=1S/C24H37N3O2/c1-18-14-19(2)16-21(15-18)24(29)27-11-5-6-20(17-27)7-8-23(28)26(4)22-9-12-25(3)13-10-22/h14-16,20,22H,5-13,17H2,1-4H3. The van der Waals surface area contributed by atoms with Gasteiger partial charge >= 0.3 is 0 Å². The second-order valence-corrected chi connectivity index (χ2v) is 9.21. The minimum Gasteiger partial charge on any atom is -0.343 e. The topological polar surface area (TPSA) is 43.9 Å². The van der Waals surface area contributed by atoms with Crippen molar-refractivity contribution >= 4 is 11.8 Å². The molecule has 2 aliphatic rings. The molecule has 3 rings (SSSR count). The molecule has 0 aromatic heterocycles. The summed E-state index contributed by atoms with van der Waals surface area (Å²) in [6.45, 7) is 7.81. The van der Waals surface area contributed by atoms with Gasteiger partial charge in [0.15, 0.2) is 0 Å². The lowest BCUT2D eigenvalue weighted by Gasteiger charge is -2.36. The molecule has 2 saturated heterocycles. The highest BCUT2D eigenvalue weighted by atomic mass is 16.2. The van der Waals surface area contributed by atoms with Crippen LogP contribution in [-0.2, 0) is 4.79 Å². The lowest BCUT2D eigenvalue weighted by Crippen LogP contribution is -2.44. The first-order chi connectivity index (χ1) is 13.8. The molecule has 0 bridgehead atoms. The highest BCUT2D eigenvalue weighted by Gasteiger charge is 2.27. The minimum absolute atomic E-state index is 0.135. The Hall–Kier alpha value is -1.88. The number of carbonyl (C=O) groups is 2. The van der Waals surface area contributed by atoms with Gasteiger partial charge in [0.1, 0.15) is 0 Å². The van der Waals surface area contributed by atoms with Gasteiger partial charge in [-0.1, -0.05) is 17.2 Å². The first kappa shape index (κ1) is 21.8. The summed E-state index contributed by atoms with van der Waals surface area (Å²) in [5.74, 6) is 0.821. The summed E-state index contributed by atoms with van der Waals surface area (Å²) < 4.78 is 0. The second kappa shape index (κ2) is 9.75. The number of hydrogen-bond acceptors (Lipinski definition) is 3. The molecule has 0 radical (unpaired) electrons. The number of aryl methyl sites for hydroxylation is 2. The van der Waals surface area contributed by atoms with Gasteiger partial charge in [-0.2, -0.15) is 0 Å². The van der Waals surface area contributed by atoms with E-state index in [9.17, 15) is 9.59 Å². The van der Waals surface area contributed by atoms with Crippen LogP contribution < -0.4 is 0 Å². The van der Waals surface area contributed by atoms with Crippen LogP contribution in [0.2, 0.25) is 0 Å². The highest BCUT2D eigenvalue weighted by Crippen LogP contribution is 2.24. The van der Waals surface area contributed by atoms with Crippen LogP contribution in [-0.4, -0.2) is 72.8 Å². The van der Waals surface area contributed by atoms with E-state index in [-0.39, 0.29) is 11.8 Å². The fourth-order valence-electron chi connectivity index (χ4n) is 4.86. The van der Waals surface area contributed by atoms with Crippen molar-refractivity contribution < 1.29 is 9.59 Å². The average molecular weight is 400 g/mol. The quantitative estimate of drug-likeness (QED) is 0.761. The number of hydrogen-bond donors (Lipinski definition) is 0. The summed E-state index contributed by atoms with van der Waals surface area (Å²) in [6, 6.07) is 6.45. The van der Waals surface area contributed by atoms with Crippen LogP contribution in [0.5, 0.6) is 0 Å². The van der Waals surface area contributed by atoms with Crippen LogP contribution >= 0.6 is 0 Å². The van der Waals surface area contributed by atoms with E-state index in [1.54, 1.807) is 0 Å². The Bertz CT molecular complexity index is 705. The van der Waals surface area contributed by atoms with Crippen LogP contribution in [0, 0.1) is 19.8 Å². The van der Waals surface area contributed by atoms with E-state index in [0.29, 0.717) is 18.4 Å². The summed E-state index contributed by atoms with van der Waals surface area (Å²) in [4.78, 5) is 32.0. The Labute approximate surface area is 176 Å². The van der Waals surface area contributed by atoms with E-state index in [1.165, 1.54) is 0 Å². The lowest BCUT2D eigenvalue weighted by molar-refractivity contribution is -0.133. The van der Waals surface area contributed by atoms with Crippen molar-refractivity contribution in [3.05, 3.63) is 34.9 Å². The SMILES string of the molecule is Cc1cc(C)cc(C(=O)N2CCCC(CCC(=O)N(C)C3CCN(C)CC3)C2)c1. The van der Waals surface area contributed by atoms with Crippen LogP contribution in [0.25, 0.3) is 0 Å². The number of amides is 2. The first-order valence-corrected chi connectivity index (χ1v) is 11.1. The van der Waals surface area contributed by atoms with Crippen LogP contribution in [0.15, 0.2) is 18.2 Å². The van der Waals surface area contributed by atoms with E-state index in [0.717, 1.165) is 75.0 Å². The molecule has 1 aromatic rings. The maximum absolute atomic E-state index is 13.0. The summed E-state index contributed by atoms with van der Waals surface area (Å²) in [6.07, 6.45) is 5.76. The van der Waals surface area contributed by atoms with Gasteiger partial charge in [0, 0.05) is 38.2 Å². The summed E-state index contributed by atoms with van der Waals surface area (Å²) in [7, 11) is 4.11. The zero-order valence-electron chi connectivity index (χ0n) is 18.6. The van der Waals surface area contributed by atoms with Gasteiger partial charge in [-0.15, -0.1) is 0 Å². The number of nitrogens with zero attached hydrogens (tertiary/aromatic N) is 3. The van der Waals surface area contributed by atoms with Gasteiger partial charge in [-0.3, -0.25) is 9.59 Å². The van der Waals surface area contributed by atoms with E-state index in [1.807, 2.05) is 42.8 Å². The zero-order valence-corrected chi connectivity index (χ0v) is 18.6. The summed E-state index contributed by atoms with van der Waals surface area (Å²) >= 11 is 0. The van der Waals surface area contributed by atoms with Crippen LogP contribution in [0.4, 0.5) is 0 Å². The predicted molar refractivity (Wildman–Crippen MR) is 117 cm³/mol. The van der Waals surface area contributed by atoms with Crippen molar-refractivity contribution in [1.29, 1.82) is 0 Å². The van der Waals surface area contributed by atoms with Crippen molar-refractivity contribution in [1.82, 2.24) is 14.7 Å². The third-order valence-electron chi connectivity index (χ3n) is 6.67. The van der Waals surface area contributed by atoms with E-state index >= 15 is 0 Å². The molecular formula is C24H37N3O2. The predicted octanol–water partition coefficient (Wildman–Crippen LogP) is 3.49. The Morgan fingerprint density at radius 1 is 1.03 bits per heavy atom. The molecule has 1 unspecified atom stereocenters.